The fraction of sp³-hybridized carbons (Fsp3) is 0.952. The maximum absolute atomic E-state index is 11.9. The van der Waals surface area contributed by atoms with Gasteiger partial charge in [-0.05, 0) is 40.7 Å². The summed E-state index contributed by atoms with van der Waals surface area (Å²) in [5, 5.41) is 9.69. The second-order valence-corrected chi connectivity index (χ2v) is 10.5. The van der Waals surface area contributed by atoms with Crippen molar-refractivity contribution in [3.8, 4) is 0 Å². The molecule has 0 aromatic carbocycles. The normalized spacial score (nSPS) is 15.0. The lowest BCUT2D eigenvalue weighted by Gasteiger charge is -2.46. The lowest BCUT2D eigenvalue weighted by molar-refractivity contribution is -0.154. The van der Waals surface area contributed by atoms with Crippen LogP contribution in [0.15, 0.2) is 0 Å². The Hall–Kier alpha value is -0.660. The van der Waals surface area contributed by atoms with Gasteiger partial charge in [0.1, 0.15) is 5.54 Å². The zero-order valence-electron chi connectivity index (χ0n) is 18.7. The summed E-state index contributed by atoms with van der Waals surface area (Å²) < 4.78 is 31.2. The molecular weight excluding hydrogens is 378 g/mol. The molecule has 0 aliphatic rings. The minimum atomic E-state index is -4.20. The second kappa shape index (κ2) is 12.8. The van der Waals surface area contributed by atoms with Crippen molar-refractivity contribution < 1.29 is 22.9 Å². The van der Waals surface area contributed by atoms with Crippen LogP contribution >= 0.6 is 0 Å². The molecular formula is C21H43NO5S. The summed E-state index contributed by atoms with van der Waals surface area (Å²) in [5.41, 5.74) is -1.73. The quantitative estimate of drug-likeness (QED) is 0.250. The van der Waals surface area contributed by atoms with Gasteiger partial charge in [0.2, 0.25) is 0 Å². The summed E-state index contributed by atoms with van der Waals surface area (Å²) in [7, 11) is -2.47. The van der Waals surface area contributed by atoms with E-state index in [-0.39, 0.29) is 12.0 Å². The molecule has 1 atom stereocenters. The first kappa shape index (κ1) is 27.3. The molecule has 0 aliphatic heterocycles. The third-order valence-electron chi connectivity index (χ3n) is 6.10. The van der Waals surface area contributed by atoms with Crippen molar-refractivity contribution in [1.29, 1.82) is 0 Å². The molecule has 0 fully saturated rings. The van der Waals surface area contributed by atoms with Crippen molar-refractivity contribution in [2.24, 2.45) is 0 Å². The van der Waals surface area contributed by atoms with Gasteiger partial charge in [-0.2, -0.15) is 8.42 Å². The SMILES string of the molecule is CCCCCCCCCCCCC(C)(C)N(C)C(C)(CCS(=O)(=O)O)C(=O)O. The predicted octanol–water partition coefficient (Wildman–Crippen LogP) is 5.13. The van der Waals surface area contributed by atoms with Crippen LogP contribution in [-0.2, 0) is 14.9 Å². The summed E-state index contributed by atoms with van der Waals surface area (Å²) >= 11 is 0. The first-order chi connectivity index (χ1) is 12.9. The molecule has 0 bridgehead atoms. The van der Waals surface area contributed by atoms with Gasteiger partial charge in [0.05, 0.1) is 5.75 Å². The van der Waals surface area contributed by atoms with Crippen LogP contribution in [0.1, 0.15) is 105 Å². The molecule has 0 aromatic heterocycles. The molecule has 0 rings (SSSR count). The van der Waals surface area contributed by atoms with Gasteiger partial charge in [-0.15, -0.1) is 0 Å². The Morgan fingerprint density at radius 1 is 0.857 bits per heavy atom. The number of nitrogens with zero attached hydrogens (tertiary/aromatic N) is 1. The van der Waals surface area contributed by atoms with Crippen LogP contribution in [0.2, 0.25) is 0 Å². The standard InChI is InChI=1S/C21H43NO5S/c1-6-7-8-9-10-11-12-13-14-15-16-20(2,3)22(5)21(4,19(23)24)17-18-28(25,26)27/h6-18H2,1-5H3,(H,23,24)(H,25,26,27). The van der Waals surface area contributed by atoms with Crippen LogP contribution in [0.3, 0.4) is 0 Å². The van der Waals surface area contributed by atoms with E-state index in [2.05, 4.69) is 6.92 Å². The maximum Gasteiger partial charge on any atom is 0.323 e. The van der Waals surface area contributed by atoms with Crippen molar-refractivity contribution in [2.45, 2.75) is 116 Å². The molecule has 0 aliphatic carbocycles. The molecule has 2 N–H and O–H groups in total. The van der Waals surface area contributed by atoms with Crippen molar-refractivity contribution in [2.75, 3.05) is 12.8 Å². The van der Waals surface area contributed by atoms with Crippen LogP contribution in [0, 0.1) is 0 Å². The molecule has 0 radical (unpaired) electrons. The summed E-state index contributed by atoms with van der Waals surface area (Å²) in [6.07, 6.45) is 13.2. The van der Waals surface area contributed by atoms with Crippen molar-refractivity contribution in [1.82, 2.24) is 4.90 Å². The van der Waals surface area contributed by atoms with Crippen molar-refractivity contribution >= 4 is 16.1 Å². The number of hydrogen-bond acceptors (Lipinski definition) is 4. The Labute approximate surface area is 172 Å². The maximum atomic E-state index is 11.9. The molecule has 0 saturated heterocycles. The first-order valence-corrected chi connectivity index (χ1v) is 12.4. The van der Waals surface area contributed by atoms with E-state index in [9.17, 15) is 18.3 Å². The largest absolute Gasteiger partial charge is 0.480 e. The van der Waals surface area contributed by atoms with Crippen LogP contribution in [0.25, 0.3) is 0 Å². The number of rotatable bonds is 17. The number of aliphatic carboxylic acids is 1. The topological polar surface area (TPSA) is 94.9 Å². The van der Waals surface area contributed by atoms with Crippen LogP contribution in [0.5, 0.6) is 0 Å². The highest BCUT2D eigenvalue weighted by atomic mass is 32.2. The number of carboxylic acids is 1. The highest BCUT2D eigenvalue weighted by molar-refractivity contribution is 7.85. The number of unbranched alkanes of at least 4 members (excludes halogenated alkanes) is 9. The van der Waals surface area contributed by atoms with Crippen LogP contribution in [-0.4, -0.2) is 52.8 Å². The molecule has 168 valence electrons. The highest BCUT2D eigenvalue weighted by Crippen LogP contribution is 2.31. The van der Waals surface area contributed by atoms with Gasteiger partial charge in [0.25, 0.3) is 10.1 Å². The van der Waals surface area contributed by atoms with Crippen molar-refractivity contribution in [3.63, 3.8) is 0 Å². The molecule has 28 heavy (non-hydrogen) atoms. The molecule has 7 heteroatoms. The Balaban J connectivity index is 4.39. The van der Waals surface area contributed by atoms with Gasteiger partial charge >= 0.3 is 5.97 Å². The Kier molecular flexibility index (Phi) is 12.5. The Bertz CT molecular complexity index is 547. The molecule has 6 nitrogen and oxygen atoms in total. The molecule has 1 unspecified atom stereocenters. The molecule has 0 amide bonds. The Morgan fingerprint density at radius 2 is 1.29 bits per heavy atom. The number of likely N-dealkylation sites (N-methyl/N-ethyl adjacent to an activating group) is 1. The minimum absolute atomic E-state index is 0.154. The number of hydrogen-bond donors (Lipinski definition) is 2. The van der Waals surface area contributed by atoms with E-state index in [1.54, 1.807) is 11.9 Å². The van der Waals surface area contributed by atoms with Gasteiger partial charge in [0.15, 0.2) is 0 Å². The summed E-state index contributed by atoms with van der Waals surface area (Å²) in [6, 6.07) is 0. The van der Waals surface area contributed by atoms with Gasteiger partial charge in [-0.25, -0.2) is 0 Å². The molecule has 0 heterocycles. The van der Waals surface area contributed by atoms with Crippen molar-refractivity contribution in [3.05, 3.63) is 0 Å². The summed E-state index contributed by atoms with van der Waals surface area (Å²) in [4.78, 5) is 13.6. The van der Waals surface area contributed by atoms with Gasteiger partial charge < -0.3 is 5.11 Å². The van der Waals surface area contributed by atoms with Gasteiger partial charge in [-0.1, -0.05) is 71.1 Å². The minimum Gasteiger partial charge on any atom is -0.480 e. The lowest BCUT2D eigenvalue weighted by atomic mass is 9.87. The second-order valence-electron chi connectivity index (χ2n) is 8.92. The smallest absolute Gasteiger partial charge is 0.323 e. The molecule has 0 aromatic rings. The zero-order valence-corrected chi connectivity index (χ0v) is 19.5. The van der Waals surface area contributed by atoms with Crippen LogP contribution in [0.4, 0.5) is 0 Å². The van der Waals surface area contributed by atoms with E-state index < -0.39 is 27.4 Å². The lowest BCUT2D eigenvalue weighted by Crippen LogP contribution is -2.59. The van der Waals surface area contributed by atoms with E-state index in [1.165, 1.54) is 58.3 Å². The van der Waals surface area contributed by atoms with Crippen LogP contribution < -0.4 is 0 Å². The average molecular weight is 422 g/mol. The monoisotopic (exact) mass is 421 g/mol. The average Bonchev–Trinajstić information content (AvgIpc) is 2.59. The Morgan fingerprint density at radius 3 is 1.68 bits per heavy atom. The fourth-order valence-corrected chi connectivity index (χ4v) is 4.28. The van der Waals surface area contributed by atoms with Gasteiger partial charge in [-0.3, -0.25) is 14.2 Å². The first-order valence-electron chi connectivity index (χ1n) is 10.8. The number of carbonyl (C=O) groups is 1. The van der Waals surface area contributed by atoms with E-state index in [1.807, 2.05) is 13.8 Å². The van der Waals surface area contributed by atoms with E-state index in [4.69, 9.17) is 4.55 Å². The zero-order chi connectivity index (χ0) is 21.8. The fourth-order valence-electron chi connectivity index (χ4n) is 3.63. The van der Waals surface area contributed by atoms with E-state index in [0.29, 0.717) is 0 Å². The summed E-state index contributed by atoms with van der Waals surface area (Å²) in [6.45, 7) is 7.75. The number of carboxylic acid groups (broad SMARTS) is 1. The highest BCUT2D eigenvalue weighted by Gasteiger charge is 2.44. The molecule has 0 spiro atoms. The van der Waals surface area contributed by atoms with E-state index in [0.717, 1.165) is 19.3 Å². The van der Waals surface area contributed by atoms with Gasteiger partial charge in [0, 0.05) is 5.54 Å². The van der Waals surface area contributed by atoms with E-state index >= 15 is 0 Å². The summed E-state index contributed by atoms with van der Waals surface area (Å²) in [5.74, 6) is -1.64. The third-order valence-corrected chi connectivity index (χ3v) is 6.82. The molecule has 0 saturated carbocycles. The predicted molar refractivity (Wildman–Crippen MR) is 115 cm³/mol. The third kappa shape index (κ3) is 10.8.